The molecule has 13 heteroatoms. The van der Waals surface area contributed by atoms with Crippen LogP contribution < -0.4 is 20.9 Å². The average Bonchev–Trinajstić information content (AvgIpc) is 3.77. The van der Waals surface area contributed by atoms with Gasteiger partial charge in [-0.3, -0.25) is 14.4 Å². The molecule has 1 aromatic heterocycles. The lowest BCUT2D eigenvalue weighted by Crippen LogP contribution is -2.42. The van der Waals surface area contributed by atoms with E-state index >= 15 is 0 Å². The molecule has 4 aromatic rings. The van der Waals surface area contributed by atoms with Crippen molar-refractivity contribution >= 4 is 41.3 Å². The predicted molar refractivity (Wildman–Crippen MR) is 230 cm³/mol. The number of ether oxygens (including phenoxy) is 2. The van der Waals surface area contributed by atoms with E-state index in [0.29, 0.717) is 19.1 Å². The smallest absolute Gasteiger partial charge is 0.240 e. The topological polar surface area (TPSA) is 221 Å². The van der Waals surface area contributed by atoms with Crippen molar-refractivity contribution in [3.05, 3.63) is 84.4 Å². The van der Waals surface area contributed by atoms with Gasteiger partial charge in [0.2, 0.25) is 17.7 Å². The molecule has 56 heavy (non-hydrogen) atoms. The van der Waals surface area contributed by atoms with Crippen LogP contribution in [0.2, 0.25) is 0 Å². The third-order valence-electron chi connectivity index (χ3n) is 9.53. The molecule has 1 saturated carbocycles. The first-order chi connectivity index (χ1) is 26.0. The summed E-state index contributed by atoms with van der Waals surface area (Å²) in [5, 5.41) is 9.57. The van der Waals surface area contributed by atoms with E-state index in [9.17, 15) is 14.4 Å². The molecule has 2 heterocycles. The number of aliphatic hydroxyl groups excluding tert-OH is 1. The number of carbonyl (C=O) groups is 3. The zero-order valence-corrected chi connectivity index (χ0v) is 34.1. The van der Waals surface area contributed by atoms with Gasteiger partial charge in [0.1, 0.15) is 17.5 Å². The first kappa shape index (κ1) is 49.3. The third kappa shape index (κ3) is 16.6. The van der Waals surface area contributed by atoms with Gasteiger partial charge in [-0.15, -0.1) is 12.6 Å². The Morgan fingerprint density at radius 1 is 0.875 bits per heavy atom. The number of hydrogen-bond acceptors (Lipinski definition) is 8. The van der Waals surface area contributed by atoms with Crippen molar-refractivity contribution in [3.63, 3.8) is 0 Å². The number of unbranched alkanes of at least 4 members (excludes halogenated alkanes) is 5. The van der Waals surface area contributed by atoms with Crippen LogP contribution in [-0.4, -0.2) is 77.1 Å². The number of primary amides is 2. The highest BCUT2D eigenvalue weighted by atomic mass is 32.1. The van der Waals surface area contributed by atoms with Crippen LogP contribution in [0.15, 0.2) is 83.8 Å². The second-order valence-electron chi connectivity index (χ2n) is 13.7. The Morgan fingerprint density at radius 2 is 1.55 bits per heavy atom. The Hall–Kier alpha value is -4.69. The number of aliphatic hydroxyl groups is 1. The average molecular weight is 799 g/mol. The Morgan fingerprint density at radius 3 is 2.07 bits per heavy atom. The molecular weight excluding hydrogens is 733 g/mol. The third-order valence-corrected chi connectivity index (χ3v) is 9.81. The number of rotatable bonds is 13. The van der Waals surface area contributed by atoms with Gasteiger partial charge < -0.3 is 41.9 Å². The highest BCUT2D eigenvalue weighted by Crippen LogP contribution is 2.42. The van der Waals surface area contributed by atoms with Gasteiger partial charge in [-0.05, 0) is 69.2 Å². The number of carbonyl (C=O) groups excluding carboxylic acids is 3. The Kier molecular flexibility index (Phi) is 23.1. The molecule has 6 rings (SSSR count). The van der Waals surface area contributed by atoms with Gasteiger partial charge in [-0.2, -0.15) is 0 Å². The summed E-state index contributed by atoms with van der Waals surface area (Å²) in [5.41, 5.74) is 14.4. The van der Waals surface area contributed by atoms with Crippen LogP contribution in [0, 0.1) is 18.8 Å². The first-order valence-electron chi connectivity index (χ1n) is 18.8. The fourth-order valence-electron chi connectivity index (χ4n) is 6.44. The van der Waals surface area contributed by atoms with Crippen LogP contribution in [0.4, 0.5) is 0 Å². The molecule has 0 unspecified atom stereocenters. The molecule has 3 atom stereocenters. The molecule has 1 aliphatic heterocycles. The van der Waals surface area contributed by atoms with Crippen molar-refractivity contribution in [3.8, 4) is 22.8 Å². The minimum absolute atomic E-state index is 0. The van der Waals surface area contributed by atoms with E-state index in [2.05, 4.69) is 25.6 Å². The zero-order chi connectivity index (χ0) is 39.5. The van der Waals surface area contributed by atoms with E-state index in [1.165, 1.54) is 49.5 Å². The second kappa shape index (κ2) is 26.2. The molecule has 1 saturated heterocycles. The van der Waals surface area contributed by atoms with Gasteiger partial charge in [0.05, 0.1) is 25.4 Å². The number of benzene rings is 3. The summed E-state index contributed by atoms with van der Waals surface area (Å²) in [5.74, 6) is 1.83. The van der Waals surface area contributed by atoms with Gasteiger partial charge in [-0.1, -0.05) is 80.1 Å². The van der Waals surface area contributed by atoms with E-state index in [-0.39, 0.29) is 37.6 Å². The van der Waals surface area contributed by atoms with Gasteiger partial charge in [0.25, 0.3) is 0 Å². The molecule has 0 bridgehead atoms. The number of nitrogens with zero attached hydrogens (tertiary/aromatic N) is 2. The van der Waals surface area contributed by atoms with Crippen molar-refractivity contribution in [2.45, 2.75) is 89.0 Å². The maximum Gasteiger partial charge on any atom is 0.240 e. The standard InChI is InChI=1S/C17H15NO2.C12H23NO2.C7H12N2O2.C7H8S.2H2O.2H2/c1-19-13-8-9-14-16(10-13)18-15(11-17(14)20-2)12-6-4-3-5-7-12;13-12(15)11-9-10(11)7-5-3-1-2-4-6-8-14;1-5(10)9-4-2-3-6(9)7(8)11;1-6-3-2-4-7(8)5-6;;;;/h3-11H,1-2H3;10-11,14H,1-9H2,(H2,13,15);6H,2-4H2,1H3,(H2,8,11);2-5,8H,1H3;2*1H2;2*1H/t;10-,11+;6-;;;;;/m.10...../s1. The van der Waals surface area contributed by atoms with Gasteiger partial charge in [0.15, 0.2) is 0 Å². The van der Waals surface area contributed by atoms with E-state index in [1.807, 2.05) is 72.8 Å². The normalized spacial score (nSPS) is 16.2. The van der Waals surface area contributed by atoms with Crippen molar-refractivity contribution in [1.82, 2.24) is 9.88 Å². The number of thiol groups is 1. The first-order valence-corrected chi connectivity index (χ1v) is 19.2. The number of aryl methyl sites for hydroxylation is 1. The van der Waals surface area contributed by atoms with E-state index in [0.717, 1.165) is 70.7 Å². The largest absolute Gasteiger partial charge is 0.497 e. The van der Waals surface area contributed by atoms with Crippen molar-refractivity contribution in [1.29, 1.82) is 0 Å². The van der Waals surface area contributed by atoms with E-state index < -0.39 is 5.91 Å². The maximum atomic E-state index is 10.9. The van der Waals surface area contributed by atoms with Crippen LogP contribution >= 0.6 is 12.6 Å². The molecule has 312 valence electrons. The van der Waals surface area contributed by atoms with Crippen molar-refractivity contribution in [2.24, 2.45) is 23.3 Å². The summed E-state index contributed by atoms with van der Waals surface area (Å²) in [6, 6.07) is 25.5. The zero-order valence-electron chi connectivity index (χ0n) is 33.2. The summed E-state index contributed by atoms with van der Waals surface area (Å²) in [6.45, 7) is 4.51. The molecule has 9 N–H and O–H groups in total. The van der Waals surface area contributed by atoms with Crippen LogP contribution in [0.25, 0.3) is 22.2 Å². The fourth-order valence-corrected chi connectivity index (χ4v) is 6.73. The monoisotopic (exact) mass is 798 g/mol. The SMILES string of the molecule is CC(=O)N1CCC[C@H]1C(N)=O.COc1ccc2c(OC)cc(-c3ccccc3)nc2c1.Cc1cccc(S)c1.NC(=O)[C@H]1C[C@H]1CCCCCCCCO.O.O.[HH].[HH]. The molecule has 12 nitrogen and oxygen atoms in total. The minimum atomic E-state index is -0.391. The summed E-state index contributed by atoms with van der Waals surface area (Å²) in [6.07, 6.45) is 10.9. The van der Waals surface area contributed by atoms with E-state index in [1.54, 1.807) is 14.2 Å². The predicted octanol–water partition coefficient (Wildman–Crippen LogP) is 6.36. The van der Waals surface area contributed by atoms with Crippen molar-refractivity contribution < 1.29 is 42.8 Å². The molecule has 2 aliphatic rings. The lowest BCUT2D eigenvalue weighted by molar-refractivity contribution is -0.135. The molecule has 3 amide bonds. The number of hydrogen-bond donors (Lipinski definition) is 4. The molecule has 3 aromatic carbocycles. The van der Waals surface area contributed by atoms with Gasteiger partial charge in [-0.25, -0.2) is 4.98 Å². The molecule has 1 aliphatic carbocycles. The number of nitrogens with two attached hydrogens (primary N) is 2. The second-order valence-corrected chi connectivity index (χ2v) is 14.2. The van der Waals surface area contributed by atoms with Gasteiger partial charge >= 0.3 is 0 Å². The van der Waals surface area contributed by atoms with Crippen molar-refractivity contribution in [2.75, 3.05) is 27.4 Å². The molecular formula is C43H66N4O8S. The molecule has 0 radical (unpaired) electrons. The fraction of sp³-hybridized carbons (Fsp3) is 0.442. The minimum Gasteiger partial charge on any atom is -0.497 e. The number of methoxy groups -OCH3 is 2. The summed E-state index contributed by atoms with van der Waals surface area (Å²) in [7, 11) is 3.33. The van der Waals surface area contributed by atoms with E-state index in [4.69, 9.17) is 31.0 Å². The van der Waals surface area contributed by atoms with Crippen LogP contribution in [-0.2, 0) is 14.4 Å². The number of aromatic nitrogens is 1. The summed E-state index contributed by atoms with van der Waals surface area (Å²) >= 11 is 4.15. The highest BCUT2D eigenvalue weighted by molar-refractivity contribution is 7.80. The van der Waals surface area contributed by atoms with Crippen LogP contribution in [0.3, 0.4) is 0 Å². The lowest BCUT2D eigenvalue weighted by Gasteiger charge is -2.19. The number of pyridine rings is 1. The van der Waals surface area contributed by atoms with Gasteiger partial charge in [0, 0.05) is 56.8 Å². The molecule has 2 fully saturated rings. The summed E-state index contributed by atoms with van der Waals surface area (Å²) < 4.78 is 10.7. The Balaban J connectivity index is 0. The lowest BCUT2D eigenvalue weighted by atomic mass is 10.1. The summed E-state index contributed by atoms with van der Waals surface area (Å²) in [4.78, 5) is 39.7. The Labute approximate surface area is 340 Å². The number of amides is 3. The van der Waals surface area contributed by atoms with Crippen LogP contribution in [0.5, 0.6) is 11.5 Å². The number of fused-ring (bicyclic) bond motifs is 1. The molecule has 0 spiro atoms. The number of likely N-dealkylation sites (tertiary alicyclic amines) is 1. The quantitative estimate of drug-likeness (QED) is 0.0885. The van der Waals surface area contributed by atoms with Crippen LogP contribution in [0.1, 0.15) is 79.5 Å². The highest BCUT2D eigenvalue weighted by Gasteiger charge is 2.40. The Bertz CT molecular complexity index is 1750. The maximum absolute atomic E-state index is 10.9.